The second kappa shape index (κ2) is 4.63. The quantitative estimate of drug-likeness (QED) is 0.692. The van der Waals surface area contributed by atoms with Crippen LogP contribution in [0.3, 0.4) is 0 Å². The van der Waals surface area contributed by atoms with Crippen LogP contribution in [0.4, 0.5) is 8.78 Å². The monoisotopic (exact) mass is 278 g/mol. The molecule has 96 valence electrons. The molecular weight excluding hydrogens is 270 g/mol. The molecule has 0 spiro atoms. The van der Waals surface area contributed by atoms with E-state index >= 15 is 0 Å². The van der Waals surface area contributed by atoms with Crippen LogP contribution in [0.25, 0.3) is 11.0 Å². The molecule has 0 radical (unpaired) electrons. The standard InChI is InChI=1S/C14H9ClF2N2/c15-10-3-1-2-9(4-10)7-19-8-18-13-5-11(16)12(17)6-14(13)19/h1-6,8H,7H2. The Labute approximate surface area is 113 Å². The van der Waals surface area contributed by atoms with Crippen molar-refractivity contribution in [3.05, 3.63) is 64.9 Å². The van der Waals surface area contributed by atoms with Crippen molar-refractivity contribution in [3.8, 4) is 0 Å². The molecule has 0 aliphatic heterocycles. The topological polar surface area (TPSA) is 17.8 Å². The predicted octanol–water partition coefficient (Wildman–Crippen LogP) is 4.02. The van der Waals surface area contributed by atoms with Gasteiger partial charge in [0.05, 0.1) is 17.4 Å². The Morgan fingerprint density at radius 3 is 2.68 bits per heavy atom. The molecule has 3 rings (SSSR count). The maximum atomic E-state index is 13.3. The van der Waals surface area contributed by atoms with Crippen LogP contribution < -0.4 is 0 Å². The number of rotatable bonds is 2. The van der Waals surface area contributed by atoms with Crippen LogP contribution in [-0.2, 0) is 6.54 Å². The molecule has 0 atom stereocenters. The smallest absolute Gasteiger partial charge is 0.161 e. The van der Waals surface area contributed by atoms with Gasteiger partial charge in [-0.25, -0.2) is 13.8 Å². The molecule has 0 saturated carbocycles. The molecule has 0 bridgehead atoms. The summed E-state index contributed by atoms with van der Waals surface area (Å²) in [6, 6.07) is 9.62. The molecule has 0 saturated heterocycles. The third-order valence-electron chi connectivity index (χ3n) is 2.91. The minimum Gasteiger partial charge on any atom is -0.326 e. The van der Waals surface area contributed by atoms with Gasteiger partial charge in [-0.1, -0.05) is 23.7 Å². The largest absolute Gasteiger partial charge is 0.326 e. The van der Waals surface area contributed by atoms with E-state index < -0.39 is 11.6 Å². The highest BCUT2D eigenvalue weighted by Crippen LogP contribution is 2.19. The minimum atomic E-state index is -0.888. The number of aromatic nitrogens is 2. The normalized spacial score (nSPS) is 11.1. The van der Waals surface area contributed by atoms with Crippen molar-refractivity contribution in [2.45, 2.75) is 6.54 Å². The maximum absolute atomic E-state index is 13.3. The number of fused-ring (bicyclic) bond motifs is 1. The fourth-order valence-electron chi connectivity index (χ4n) is 2.01. The highest BCUT2D eigenvalue weighted by Gasteiger charge is 2.09. The number of hydrogen-bond donors (Lipinski definition) is 0. The van der Waals surface area contributed by atoms with Crippen molar-refractivity contribution in [2.24, 2.45) is 0 Å². The molecule has 1 aromatic heterocycles. The van der Waals surface area contributed by atoms with E-state index in [2.05, 4.69) is 4.98 Å². The minimum absolute atomic E-state index is 0.431. The van der Waals surface area contributed by atoms with Crippen LogP contribution >= 0.6 is 11.6 Å². The van der Waals surface area contributed by atoms with Crippen molar-refractivity contribution in [2.75, 3.05) is 0 Å². The van der Waals surface area contributed by atoms with Gasteiger partial charge < -0.3 is 4.57 Å². The lowest BCUT2D eigenvalue weighted by Gasteiger charge is -2.05. The summed E-state index contributed by atoms with van der Waals surface area (Å²) in [7, 11) is 0. The Morgan fingerprint density at radius 1 is 1.11 bits per heavy atom. The number of hydrogen-bond acceptors (Lipinski definition) is 1. The summed E-state index contributed by atoms with van der Waals surface area (Å²) < 4.78 is 28.1. The fraction of sp³-hybridized carbons (Fsp3) is 0.0714. The predicted molar refractivity (Wildman–Crippen MR) is 70.2 cm³/mol. The SMILES string of the molecule is Fc1cc2ncn(Cc3cccc(Cl)c3)c2cc1F. The number of imidazole rings is 1. The maximum Gasteiger partial charge on any atom is 0.161 e. The third kappa shape index (κ3) is 2.31. The molecular formula is C14H9ClF2N2. The van der Waals surface area contributed by atoms with Gasteiger partial charge in [0.1, 0.15) is 0 Å². The molecule has 1 heterocycles. The van der Waals surface area contributed by atoms with Gasteiger partial charge in [0.15, 0.2) is 11.6 Å². The van der Waals surface area contributed by atoms with Crippen molar-refractivity contribution < 1.29 is 8.78 Å². The van der Waals surface area contributed by atoms with Gasteiger partial charge in [0, 0.05) is 23.7 Å². The number of benzene rings is 2. The summed E-state index contributed by atoms with van der Waals surface area (Å²) in [4.78, 5) is 4.06. The van der Waals surface area contributed by atoms with Crippen LogP contribution in [0.15, 0.2) is 42.7 Å². The van der Waals surface area contributed by atoms with Crippen molar-refractivity contribution in [1.29, 1.82) is 0 Å². The Bertz CT molecular complexity index is 752. The molecule has 0 amide bonds. The van der Waals surface area contributed by atoms with Gasteiger partial charge in [-0.3, -0.25) is 0 Å². The van der Waals surface area contributed by atoms with E-state index in [0.29, 0.717) is 22.6 Å². The molecule has 0 fully saturated rings. The van der Waals surface area contributed by atoms with Gasteiger partial charge in [-0.05, 0) is 17.7 Å². The molecule has 0 aliphatic carbocycles. The van der Waals surface area contributed by atoms with Crippen molar-refractivity contribution in [1.82, 2.24) is 9.55 Å². The van der Waals surface area contributed by atoms with Gasteiger partial charge >= 0.3 is 0 Å². The first-order valence-corrected chi connectivity index (χ1v) is 6.05. The second-order valence-corrected chi connectivity index (χ2v) is 4.69. The van der Waals surface area contributed by atoms with Crippen LogP contribution in [0.5, 0.6) is 0 Å². The molecule has 5 heteroatoms. The highest BCUT2D eigenvalue weighted by atomic mass is 35.5. The van der Waals surface area contributed by atoms with Gasteiger partial charge in [-0.15, -0.1) is 0 Å². The Hall–Kier alpha value is -1.94. The lowest BCUT2D eigenvalue weighted by molar-refractivity contribution is 0.510. The Morgan fingerprint density at radius 2 is 1.89 bits per heavy atom. The van der Waals surface area contributed by atoms with E-state index in [1.54, 1.807) is 17.0 Å². The van der Waals surface area contributed by atoms with E-state index in [4.69, 9.17) is 11.6 Å². The zero-order chi connectivity index (χ0) is 13.4. The van der Waals surface area contributed by atoms with Crippen LogP contribution in [-0.4, -0.2) is 9.55 Å². The van der Waals surface area contributed by atoms with E-state index in [9.17, 15) is 8.78 Å². The third-order valence-corrected chi connectivity index (χ3v) is 3.14. The van der Waals surface area contributed by atoms with E-state index in [-0.39, 0.29) is 0 Å². The fourth-order valence-corrected chi connectivity index (χ4v) is 2.22. The first-order chi connectivity index (χ1) is 9.13. The van der Waals surface area contributed by atoms with Crippen LogP contribution in [0.1, 0.15) is 5.56 Å². The Balaban J connectivity index is 2.04. The second-order valence-electron chi connectivity index (χ2n) is 4.26. The summed E-state index contributed by atoms with van der Waals surface area (Å²) in [5.74, 6) is -1.76. The van der Waals surface area contributed by atoms with Gasteiger partial charge in [0.25, 0.3) is 0 Å². The lowest BCUT2D eigenvalue weighted by Crippen LogP contribution is -1.98. The zero-order valence-corrected chi connectivity index (χ0v) is 10.5. The summed E-state index contributed by atoms with van der Waals surface area (Å²) in [6.45, 7) is 0.502. The first-order valence-electron chi connectivity index (χ1n) is 5.68. The molecule has 0 N–H and O–H groups in total. The lowest BCUT2D eigenvalue weighted by atomic mass is 10.2. The number of nitrogens with zero attached hydrogens (tertiary/aromatic N) is 2. The first kappa shape index (κ1) is 12.1. The zero-order valence-electron chi connectivity index (χ0n) is 9.78. The van der Waals surface area contributed by atoms with E-state index in [0.717, 1.165) is 17.7 Å². The Kier molecular flexibility index (Phi) is 2.95. The molecule has 19 heavy (non-hydrogen) atoms. The molecule has 0 aliphatic rings. The molecule has 2 aromatic carbocycles. The van der Waals surface area contributed by atoms with Crippen molar-refractivity contribution in [3.63, 3.8) is 0 Å². The molecule has 0 unspecified atom stereocenters. The molecule has 2 nitrogen and oxygen atoms in total. The average molecular weight is 279 g/mol. The highest BCUT2D eigenvalue weighted by molar-refractivity contribution is 6.30. The molecule has 3 aromatic rings. The summed E-state index contributed by atoms with van der Waals surface area (Å²) in [5, 5.41) is 0.638. The summed E-state index contributed by atoms with van der Waals surface area (Å²) in [6.07, 6.45) is 1.56. The summed E-state index contributed by atoms with van der Waals surface area (Å²) >= 11 is 5.91. The van der Waals surface area contributed by atoms with Gasteiger partial charge in [0.2, 0.25) is 0 Å². The van der Waals surface area contributed by atoms with Gasteiger partial charge in [-0.2, -0.15) is 0 Å². The number of halogens is 3. The van der Waals surface area contributed by atoms with Crippen LogP contribution in [0.2, 0.25) is 5.02 Å². The van der Waals surface area contributed by atoms with Crippen molar-refractivity contribution >= 4 is 22.6 Å². The van der Waals surface area contributed by atoms with E-state index in [1.165, 1.54) is 0 Å². The summed E-state index contributed by atoms with van der Waals surface area (Å²) in [5.41, 5.74) is 1.95. The average Bonchev–Trinajstić information content (AvgIpc) is 2.73. The van der Waals surface area contributed by atoms with E-state index in [1.807, 2.05) is 18.2 Å². The van der Waals surface area contributed by atoms with Crippen LogP contribution in [0, 0.1) is 11.6 Å².